The summed E-state index contributed by atoms with van der Waals surface area (Å²) in [7, 11) is 2.06. The van der Waals surface area contributed by atoms with Crippen LogP contribution in [0.1, 0.15) is 46.0 Å². The van der Waals surface area contributed by atoms with Crippen molar-refractivity contribution in [3.8, 4) is 0 Å². The SMILES string of the molecule is CNCCC1CCC(C(C)C)CC1. The van der Waals surface area contributed by atoms with Gasteiger partial charge in [0.15, 0.2) is 0 Å². The summed E-state index contributed by atoms with van der Waals surface area (Å²) in [6, 6.07) is 0. The van der Waals surface area contributed by atoms with Crippen LogP contribution in [0.15, 0.2) is 0 Å². The van der Waals surface area contributed by atoms with Gasteiger partial charge in [-0.1, -0.05) is 26.7 Å². The van der Waals surface area contributed by atoms with Crippen molar-refractivity contribution in [2.45, 2.75) is 46.0 Å². The van der Waals surface area contributed by atoms with Crippen molar-refractivity contribution in [2.75, 3.05) is 13.6 Å². The normalized spacial score (nSPS) is 29.5. The average Bonchev–Trinajstić information content (AvgIpc) is 2.15. The third kappa shape index (κ3) is 3.68. The molecule has 0 unspecified atom stereocenters. The zero-order valence-electron chi connectivity index (χ0n) is 9.47. The summed E-state index contributed by atoms with van der Waals surface area (Å²) in [5.74, 6) is 2.94. The Hall–Kier alpha value is -0.0400. The van der Waals surface area contributed by atoms with Crippen LogP contribution < -0.4 is 5.32 Å². The second kappa shape index (κ2) is 5.64. The van der Waals surface area contributed by atoms with E-state index in [1.54, 1.807) is 0 Å². The minimum absolute atomic E-state index is 0.908. The van der Waals surface area contributed by atoms with Crippen LogP contribution in [0.4, 0.5) is 0 Å². The van der Waals surface area contributed by atoms with E-state index in [2.05, 4.69) is 26.2 Å². The summed E-state index contributed by atoms with van der Waals surface area (Å²) in [5, 5.41) is 3.25. The molecule has 0 atom stereocenters. The molecule has 0 aromatic carbocycles. The first-order valence-corrected chi connectivity index (χ1v) is 5.88. The van der Waals surface area contributed by atoms with Crippen LogP contribution in [-0.4, -0.2) is 13.6 Å². The molecule has 1 aliphatic rings. The maximum Gasteiger partial charge on any atom is -0.00493 e. The summed E-state index contributed by atoms with van der Waals surface area (Å²) in [4.78, 5) is 0. The summed E-state index contributed by atoms with van der Waals surface area (Å²) < 4.78 is 0. The van der Waals surface area contributed by atoms with Crippen molar-refractivity contribution in [2.24, 2.45) is 17.8 Å². The van der Waals surface area contributed by atoms with Crippen LogP contribution in [0.25, 0.3) is 0 Å². The Balaban J connectivity index is 2.15. The Bertz CT molecular complexity index is 123. The molecule has 1 N–H and O–H groups in total. The van der Waals surface area contributed by atoms with Gasteiger partial charge >= 0.3 is 0 Å². The molecule has 0 aromatic heterocycles. The summed E-state index contributed by atoms with van der Waals surface area (Å²) in [5.41, 5.74) is 0. The maximum atomic E-state index is 3.25. The number of hydrogen-bond acceptors (Lipinski definition) is 1. The first-order valence-electron chi connectivity index (χ1n) is 5.88. The molecular weight excluding hydrogens is 158 g/mol. The molecule has 0 heterocycles. The molecule has 1 aliphatic carbocycles. The van der Waals surface area contributed by atoms with Gasteiger partial charge in [0.2, 0.25) is 0 Å². The molecule has 1 rings (SSSR count). The predicted octanol–water partition coefficient (Wildman–Crippen LogP) is 3.06. The molecule has 0 spiro atoms. The van der Waals surface area contributed by atoms with Crippen LogP contribution in [0.2, 0.25) is 0 Å². The third-order valence-corrected chi connectivity index (χ3v) is 3.64. The highest BCUT2D eigenvalue weighted by molar-refractivity contribution is 4.74. The van der Waals surface area contributed by atoms with Crippen LogP contribution in [0, 0.1) is 17.8 Å². The summed E-state index contributed by atoms with van der Waals surface area (Å²) in [6.45, 7) is 5.95. The Labute approximate surface area is 83.3 Å². The van der Waals surface area contributed by atoms with Gasteiger partial charge in [-0.25, -0.2) is 0 Å². The monoisotopic (exact) mass is 183 g/mol. The standard InChI is InChI=1S/C12H25N/c1-10(2)12-6-4-11(5-7-12)8-9-13-3/h10-13H,4-9H2,1-3H3. The van der Waals surface area contributed by atoms with Crippen molar-refractivity contribution < 1.29 is 0 Å². The van der Waals surface area contributed by atoms with Crippen LogP contribution in [0.5, 0.6) is 0 Å². The lowest BCUT2D eigenvalue weighted by molar-refractivity contribution is 0.217. The van der Waals surface area contributed by atoms with Gasteiger partial charge in [-0.2, -0.15) is 0 Å². The Morgan fingerprint density at radius 1 is 1.15 bits per heavy atom. The maximum absolute atomic E-state index is 3.25. The molecule has 0 aromatic rings. The molecule has 1 fully saturated rings. The first kappa shape index (κ1) is 11.0. The van der Waals surface area contributed by atoms with E-state index < -0.39 is 0 Å². The van der Waals surface area contributed by atoms with Crippen molar-refractivity contribution in [1.82, 2.24) is 5.32 Å². The van der Waals surface area contributed by atoms with Gasteiger partial charge in [-0.3, -0.25) is 0 Å². The Morgan fingerprint density at radius 2 is 1.77 bits per heavy atom. The van der Waals surface area contributed by atoms with Crippen molar-refractivity contribution >= 4 is 0 Å². The van der Waals surface area contributed by atoms with Gasteiger partial charge in [0.25, 0.3) is 0 Å². The quantitative estimate of drug-likeness (QED) is 0.706. The van der Waals surface area contributed by atoms with Gasteiger partial charge in [-0.05, 0) is 50.6 Å². The van der Waals surface area contributed by atoms with Crippen molar-refractivity contribution in [1.29, 1.82) is 0 Å². The highest BCUT2D eigenvalue weighted by Crippen LogP contribution is 2.34. The molecule has 0 saturated heterocycles. The lowest BCUT2D eigenvalue weighted by atomic mass is 9.76. The van der Waals surface area contributed by atoms with E-state index in [0.717, 1.165) is 17.8 Å². The Morgan fingerprint density at radius 3 is 2.23 bits per heavy atom. The van der Waals surface area contributed by atoms with E-state index in [0.29, 0.717) is 0 Å². The summed E-state index contributed by atoms with van der Waals surface area (Å²) >= 11 is 0. The molecular formula is C12H25N. The van der Waals surface area contributed by atoms with E-state index in [4.69, 9.17) is 0 Å². The van der Waals surface area contributed by atoms with Crippen molar-refractivity contribution in [3.05, 3.63) is 0 Å². The highest BCUT2D eigenvalue weighted by Gasteiger charge is 2.22. The van der Waals surface area contributed by atoms with E-state index >= 15 is 0 Å². The number of hydrogen-bond donors (Lipinski definition) is 1. The zero-order chi connectivity index (χ0) is 9.68. The smallest absolute Gasteiger partial charge is 0.00493 e. The minimum atomic E-state index is 0.908. The fraction of sp³-hybridized carbons (Fsp3) is 1.00. The topological polar surface area (TPSA) is 12.0 Å². The molecule has 0 aliphatic heterocycles. The molecule has 78 valence electrons. The lowest BCUT2D eigenvalue weighted by Gasteiger charge is -2.30. The third-order valence-electron chi connectivity index (χ3n) is 3.64. The predicted molar refractivity (Wildman–Crippen MR) is 58.8 cm³/mol. The molecule has 13 heavy (non-hydrogen) atoms. The number of nitrogens with one attached hydrogen (secondary N) is 1. The Kier molecular flexibility index (Phi) is 4.79. The minimum Gasteiger partial charge on any atom is -0.320 e. The summed E-state index contributed by atoms with van der Waals surface area (Å²) in [6.07, 6.45) is 7.30. The second-order valence-corrected chi connectivity index (χ2v) is 4.92. The van der Waals surface area contributed by atoms with Gasteiger partial charge in [0, 0.05) is 0 Å². The lowest BCUT2D eigenvalue weighted by Crippen LogP contribution is -2.21. The average molecular weight is 183 g/mol. The molecule has 1 nitrogen and oxygen atoms in total. The van der Waals surface area contributed by atoms with Crippen LogP contribution in [-0.2, 0) is 0 Å². The molecule has 1 saturated carbocycles. The molecule has 0 amide bonds. The zero-order valence-corrected chi connectivity index (χ0v) is 9.47. The van der Waals surface area contributed by atoms with E-state index in [1.807, 2.05) is 0 Å². The van der Waals surface area contributed by atoms with Crippen molar-refractivity contribution in [3.63, 3.8) is 0 Å². The second-order valence-electron chi connectivity index (χ2n) is 4.92. The van der Waals surface area contributed by atoms with Gasteiger partial charge in [0.05, 0.1) is 0 Å². The molecule has 0 bridgehead atoms. The molecule has 1 heteroatoms. The van der Waals surface area contributed by atoms with E-state index in [-0.39, 0.29) is 0 Å². The van der Waals surface area contributed by atoms with E-state index in [9.17, 15) is 0 Å². The fourth-order valence-electron chi connectivity index (χ4n) is 2.49. The van der Waals surface area contributed by atoms with Gasteiger partial charge < -0.3 is 5.32 Å². The van der Waals surface area contributed by atoms with E-state index in [1.165, 1.54) is 38.6 Å². The van der Waals surface area contributed by atoms with Crippen LogP contribution >= 0.6 is 0 Å². The highest BCUT2D eigenvalue weighted by atomic mass is 14.8. The number of rotatable bonds is 4. The first-order chi connectivity index (χ1) is 6.24. The fourth-order valence-corrected chi connectivity index (χ4v) is 2.49. The van der Waals surface area contributed by atoms with Gasteiger partial charge in [-0.15, -0.1) is 0 Å². The van der Waals surface area contributed by atoms with Gasteiger partial charge in [0.1, 0.15) is 0 Å². The van der Waals surface area contributed by atoms with Crippen LogP contribution in [0.3, 0.4) is 0 Å². The molecule has 0 radical (unpaired) electrons. The largest absolute Gasteiger partial charge is 0.320 e.